The number of ether oxygens (including phenoxy) is 2. The van der Waals surface area contributed by atoms with Gasteiger partial charge in [-0.1, -0.05) is 36.4 Å². The van der Waals surface area contributed by atoms with Gasteiger partial charge in [-0.2, -0.15) is 0 Å². The summed E-state index contributed by atoms with van der Waals surface area (Å²) in [5, 5.41) is 0. The lowest BCUT2D eigenvalue weighted by Gasteiger charge is -2.31. The van der Waals surface area contributed by atoms with Crippen LogP contribution in [0.5, 0.6) is 11.5 Å². The third-order valence-electron chi connectivity index (χ3n) is 5.83. The highest BCUT2D eigenvalue weighted by molar-refractivity contribution is 6.16. The highest BCUT2D eigenvalue weighted by atomic mass is 16.5. The number of aliphatic imine (C=N–C) groups is 1. The van der Waals surface area contributed by atoms with Crippen molar-refractivity contribution in [2.24, 2.45) is 4.99 Å². The van der Waals surface area contributed by atoms with E-state index < -0.39 is 0 Å². The molecule has 2 aliphatic rings. The lowest BCUT2D eigenvalue weighted by molar-refractivity contribution is 0.131. The largest absolute Gasteiger partial charge is 0.483 e. The minimum atomic E-state index is -0.282. The quantitative estimate of drug-likeness (QED) is 0.565. The van der Waals surface area contributed by atoms with E-state index >= 15 is 0 Å². The molecule has 2 aromatic carbocycles. The Morgan fingerprint density at radius 1 is 0.968 bits per heavy atom. The molecule has 5 rings (SSSR count). The maximum atomic E-state index is 6.42. The Kier molecular flexibility index (Phi) is 4.62. The predicted octanol–water partition coefficient (Wildman–Crippen LogP) is 5.55. The maximum absolute atomic E-state index is 6.42. The number of hydrogen-bond donors (Lipinski definition) is 0. The van der Waals surface area contributed by atoms with Gasteiger partial charge in [-0.05, 0) is 57.9 Å². The molecule has 0 radical (unpaired) electrons. The fourth-order valence-corrected chi connectivity index (χ4v) is 4.62. The summed E-state index contributed by atoms with van der Waals surface area (Å²) in [6.45, 7) is 9.07. The van der Waals surface area contributed by atoms with Crippen molar-refractivity contribution < 1.29 is 9.47 Å². The lowest BCUT2D eigenvalue weighted by atomic mass is 9.81. The molecule has 0 saturated carbocycles. The van der Waals surface area contributed by atoms with Crippen molar-refractivity contribution in [2.45, 2.75) is 58.3 Å². The number of benzene rings is 2. The van der Waals surface area contributed by atoms with Gasteiger partial charge in [0.05, 0.1) is 16.9 Å². The average Bonchev–Trinajstić information content (AvgIpc) is 3.07. The van der Waals surface area contributed by atoms with Crippen LogP contribution in [0.4, 0.5) is 0 Å². The topological polar surface area (TPSA) is 43.7 Å². The molecule has 0 amide bonds. The van der Waals surface area contributed by atoms with E-state index in [0.717, 1.165) is 41.3 Å². The Morgan fingerprint density at radius 2 is 1.74 bits per heavy atom. The van der Waals surface area contributed by atoms with Gasteiger partial charge >= 0.3 is 0 Å². The van der Waals surface area contributed by atoms with Crippen LogP contribution in [0.1, 0.15) is 55.6 Å². The van der Waals surface area contributed by atoms with Gasteiger partial charge in [0.2, 0.25) is 0 Å². The molecule has 4 nitrogen and oxygen atoms in total. The molecule has 3 aromatic rings. The Balaban J connectivity index is 1.64. The second-order valence-corrected chi connectivity index (χ2v) is 9.68. The van der Waals surface area contributed by atoms with Gasteiger partial charge in [0, 0.05) is 29.3 Å². The highest BCUT2D eigenvalue weighted by Crippen LogP contribution is 2.48. The average molecular weight is 413 g/mol. The summed E-state index contributed by atoms with van der Waals surface area (Å²) < 4.78 is 12.7. The molecule has 0 fully saturated rings. The van der Waals surface area contributed by atoms with Gasteiger partial charge in [-0.3, -0.25) is 9.98 Å². The first-order valence-corrected chi connectivity index (χ1v) is 10.9. The Labute approximate surface area is 184 Å². The molecule has 31 heavy (non-hydrogen) atoms. The number of aromatic nitrogens is 1. The SMILES string of the molecule is CC1(C)Cc2cc(OCc3ccccn3)c3c(c2C(c2ccccc2)=N1)CC(C)(C)O3. The summed E-state index contributed by atoms with van der Waals surface area (Å²) in [6, 6.07) is 18.5. The van der Waals surface area contributed by atoms with E-state index in [-0.39, 0.29) is 11.1 Å². The van der Waals surface area contributed by atoms with Gasteiger partial charge in [0.15, 0.2) is 11.5 Å². The van der Waals surface area contributed by atoms with Gasteiger partial charge in [0.25, 0.3) is 0 Å². The lowest BCUT2D eigenvalue weighted by Crippen LogP contribution is -2.30. The monoisotopic (exact) mass is 412 g/mol. The molecular weight excluding hydrogens is 384 g/mol. The van der Waals surface area contributed by atoms with Crippen LogP contribution in [0.25, 0.3) is 0 Å². The molecule has 0 unspecified atom stereocenters. The van der Waals surface area contributed by atoms with Crippen LogP contribution < -0.4 is 9.47 Å². The smallest absolute Gasteiger partial charge is 0.166 e. The van der Waals surface area contributed by atoms with E-state index in [9.17, 15) is 0 Å². The Hall–Kier alpha value is -3.14. The van der Waals surface area contributed by atoms with E-state index in [1.54, 1.807) is 6.20 Å². The summed E-state index contributed by atoms with van der Waals surface area (Å²) in [5.74, 6) is 1.65. The molecule has 158 valence electrons. The van der Waals surface area contributed by atoms with Crippen LogP contribution in [-0.4, -0.2) is 21.8 Å². The zero-order chi connectivity index (χ0) is 21.6. The number of rotatable bonds is 4. The first-order chi connectivity index (χ1) is 14.8. The Bertz CT molecular complexity index is 1150. The first kappa shape index (κ1) is 19.8. The molecule has 0 aliphatic carbocycles. The van der Waals surface area contributed by atoms with E-state index in [4.69, 9.17) is 14.5 Å². The zero-order valence-electron chi connectivity index (χ0n) is 18.6. The van der Waals surface area contributed by atoms with Crippen LogP contribution in [-0.2, 0) is 19.4 Å². The van der Waals surface area contributed by atoms with E-state index in [2.05, 4.69) is 63.0 Å². The minimum absolute atomic E-state index is 0.181. The summed E-state index contributed by atoms with van der Waals surface area (Å²) in [5.41, 5.74) is 6.34. The summed E-state index contributed by atoms with van der Waals surface area (Å²) in [6.07, 6.45) is 3.49. The maximum Gasteiger partial charge on any atom is 0.166 e. The third-order valence-corrected chi connectivity index (χ3v) is 5.83. The van der Waals surface area contributed by atoms with Gasteiger partial charge in [-0.25, -0.2) is 0 Å². The molecule has 3 heterocycles. The number of pyridine rings is 1. The van der Waals surface area contributed by atoms with E-state index in [1.165, 1.54) is 16.7 Å². The van der Waals surface area contributed by atoms with Crippen LogP contribution in [0.3, 0.4) is 0 Å². The van der Waals surface area contributed by atoms with Crippen LogP contribution in [0, 0.1) is 0 Å². The molecule has 0 atom stereocenters. The van der Waals surface area contributed by atoms with Crippen LogP contribution in [0.15, 0.2) is 65.8 Å². The number of fused-ring (bicyclic) bond motifs is 3. The van der Waals surface area contributed by atoms with Crippen molar-refractivity contribution in [3.8, 4) is 11.5 Å². The number of hydrogen-bond acceptors (Lipinski definition) is 4. The van der Waals surface area contributed by atoms with Gasteiger partial charge in [-0.15, -0.1) is 0 Å². The van der Waals surface area contributed by atoms with Crippen LogP contribution >= 0.6 is 0 Å². The molecule has 0 saturated heterocycles. The second kappa shape index (κ2) is 7.23. The normalized spacial score (nSPS) is 17.9. The van der Waals surface area contributed by atoms with Crippen molar-refractivity contribution in [3.63, 3.8) is 0 Å². The first-order valence-electron chi connectivity index (χ1n) is 10.9. The van der Waals surface area contributed by atoms with Crippen molar-refractivity contribution in [1.29, 1.82) is 0 Å². The summed E-state index contributed by atoms with van der Waals surface area (Å²) in [7, 11) is 0. The fourth-order valence-electron chi connectivity index (χ4n) is 4.62. The summed E-state index contributed by atoms with van der Waals surface area (Å²) in [4.78, 5) is 9.58. The molecule has 4 heteroatoms. The van der Waals surface area contributed by atoms with Crippen molar-refractivity contribution in [2.75, 3.05) is 0 Å². The third kappa shape index (κ3) is 3.83. The van der Waals surface area contributed by atoms with Crippen molar-refractivity contribution >= 4 is 5.71 Å². The van der Waals surface area contributed by atoms with Crippen molar-refractivity contribution in [1.82, 2.24) is 4.98 Å². The molecule has 0 bridgehead atoms. The zero-order valence-corrected chi connectivity index (χ0v) is 18.6. The van der Waals surface area contributed by atoms with Crippen molar-refractivity contribution in [3.05, 3.63) is 88.7 Å². The molecule has 0 N–H and O–H groups in total. The molecular formula is C27H28N2O2. The highest BCUT2D eigenvalue weighted by Gasteiger charge is 2.39. The van der Waals surface area contributed by atoms with Crippen LogP contribution in [0.2, 0.25) is 0 Å². The standard InChI is InChI=1S/C27H28N2O2/c1-26(2)15-19-14-22(30-17-20-12-8-9-13-28-20)25-21(16-27(3,4)31-25)23(19)24(29-26)18-10-6-5-7-11-18/h5-14H,15-17H2,1-4H3. The predicted molar refractivity (Wildman–Crippen MR) is 123 cm³/mol. The molecule has 1 aromatic heterocycles. The second-order valence-electron chi connectivity index (χ2n) is 9.68. The minimum Gasteiger partial charge on any atom is -0.483 e. The fraction of sp³-hybridized carbons (Fsp3) is 0.333. The van der Waals surface area contributed by atoms with Gasteiger partial charge < -0.3 is 9.47 Å². The molecule has 2 aliphatic heterocycles. The van der Waals surface area contributed by atoms with E-state index in [0.29, 0.717) is 6.61 Å². The van der Waals surface area contributed by atoms with Gasteiger partial charge in [0.1, 0.15) is 12.2 Å². The Morgan fingerprint density at radius 3 is 2.48 bits per heavy atom. The van der Waals surface area contributed by atoms with E-state index in [1.807, 2.05) is 24.3 Å². The number of nitrogens with zero attached hydrogens (tertiary/aromatic N) is 2. The summed E-state index contributed by atoms with van der Waals surface area (Å²) >= 11 is 0. The molecule has 0 spiro atoms.